The van der Waals surface area contributed by atoms with E-state index in [2.05, 4.69) is 5.32 Å². The number of benzene rings is 1. The Hall–Kier alpha value is -2.03. The Kier molecular flexibility index (Phi) is 6.33. The Morgan fingerprint density at radius 3 is 2.58 bits per heavy atom. The number of nitrogens with zero attached hydrogens (tertiary/aromatic N) is 1. The van der Waals surface area contributed by atoms with Gasteiger partial charge in [-0.25, -0.2) is 4.79 Å². The van der Waals surface area contributed by atoms with Crippen LogP contribution in [0.2, 0.25) is 0 Å². The lowest BCUT2D eigenvalue weighted by Crippen LogP contribution is -2.32. The Morgan fingerprint density at radius 1 is 1.27 bits per heavy atom. The first-order valence-corrected chi connectivity index (χ1v) is 9.28. The van der Waals surface area contributed by atoms with Crippen molar-refractivity contribution in [1.29, 1.82) is 0 Å². The number of pyridine rings is 1. The Balaban J connectivity index is 2.12. The van der Waals surface area contributed by atoms with Gasteiger partial charge in [0, 0.05) is 18.3 Å². The number of aryl methyl sites for hydroxylation is 1. The second-order valence-corrected chi connectivity index (χ2v) is 8.13. The number of carbonyl (C=O) groups excluding carboxylic acids is 1. The molecule has 2 rings (SSSR count). The molecule has 0 saturated carbocycles. The van der Waals surface area contributed by atoms with E-state index in [0.717, 1.165) is 11.1 Å². The van der Waals surface area contributed by atoms with Gasteiger partial charge in [-0.3, -0.25) is 4.79 Å². The molecule has 2 N–H and O–H groups in total. The van der Waals surface area contributed by atoms with Crippen LogP contribution in [0.25, 0.3) is 0 Å². The first kappa shape index (κ1) is 20.3. The molecule has 0 saturated heterocycles. The van der Waals surface area contributed by atoms with Gasteiger partial charge < -0.3 is 19.7 Å². The molecule has 7 heteroatoms. The quantitative estimate of drug-likeness (QED) is 0.671. The van der Waals surface area contributed by atoms with E-state index in [1.54, 1.807) is 17.6 Å². The molecule has 2 aromatic rings. The van der Waals surface area contributed by atoms with E-state index in [1.165, 1.54) is 0 Å². The fourth-order valence-electron chi connectivity index (χ4n) is 2.43. The summed E-state index contributed by atoms with van der Waals surface area (Å²) < 4.78 is 7.14. The van der Waals surface area contributed by atoms with E-state index in [1.807, 2.05) is 67.6 Å². The number of hydrogen-bond acceptors (Lipinski definition) is 4. The average molecular weight is 470 g/mol. The van der Waals surface area contributed by atoms with E-state index < -0.39 is 11.7 Å². The maximum Gasteiger partial charge on any atom is 0.407 e. The van der Waals surface area contributed by atoms with E-state index in [0.29, 0.717) is 22.4 Å². The fourth-order valence-corrected chi connectivity index (χ4v) is 2.88. The lowest BCUT2D eigenvalue weighted by molar-refractivity contribution is 0.0523. The van der Waals surface area contributed by atoms with Crippen LogP contribution in [0.5, 0.6) is 5.75 Å². The van der Waals surface area contributed by atoms with Crippen molar-refractivity contribution in [3.8, 4) is 5.75 Å². The highest BCUT2D eigenvalue weighted by Crippen LogP contribution is 2.17. The summed E-state index contributed by atoms with van der Waals surface area (Å²) in [6, 6.07) is 9.22. The van der Waals surface area contributed by atoms with Crippen molar-refractivity contribution in [1.82, 2.24) is 9.88 Å². The zero-order valence-electron chi connectivity index (χ0n) is 15.3. The van der Waals surface area contributed by atoms with Crippen molar-refractivity contribution in [2.45, 2.75) is 46.4 Å². The van der Waals surface area contributed by atoms with Gasteiger partial charge in [0.1, 0.15) is 14.9 Å². The van der Waals surface area contributed by atoms with Crippen LogP contribution < -0.4 is 10.9 Å². The molecule has 140 valence electrons. The molecule has 1 aromatic heterocycles. The van der Waals surface area contributed by atoms with Crippen molar-refractivity contribution in [2.24, 2.45) is 0 Å². The molecule has 0 atom stereocenters. The monoisotopic (exact) mass is 470 g/mol. The van der Waals surface area contributed by atoms with Crippen molar-refractivity contribution >= 4 is 28.7 Å². The lowest BCUT2D eigenvalue weighted by Gasteiger charge is -2.19. The molecule has 6 nitrogen and oxygen atoms in total. The minimum absolute atomic E-state index is 0.000314. The van der Waals surface area contributed by atoms with E-state index >= 15 is 0 Å². The van der Waals surface area contributed by atoms with Crippen LogP contribution in [0, 0.1) is 10.5 Å². The summed E-state index contributed by atoms with van der Waals surface area (Å²) in [7, 11) is 0. The molecular weight excluding hydrogens is 447 g/mol. The topological polar surface area (TPSA) is 80.6 Å². The van der Waals surface area contributed by atoms with Gasteiger partial charge in [-0.2, -0.15) is 0 Å². The molecule has 0 spiro atoms. The van der Waals surface area contributed by atoms with Gasteiger partial charge in [0.15, 0.2) is 0 Å². The molecule has 0 aliphatic carbocycles. The highest BCUT2D eigenvalue weighted by Gasteiger charge is 2.16. The largest absolute Gasteiger partial charge is 0.507 e. The molecule has 0 aliphatic rings. The van der Waals surface area contributed by atoms with Gasteiger partial charge in [0.05, 0.1) is 6.54 Å². The molecule has 0 aliphatic heterocycles. The summed E-state index contributed by atoms with van der Waals surface area (Å²) in [6.07, 6.45) is -0.469. The summed E-state index contributed by atoms with van der Waals surface area (Å²) in [5.41, 5.74) is 1.76. The number of rotatable bonds is 4. The summed E-state index contributed by atoms with van der Waals surface area (Å²) in [5, 5.41) is 12.5. The number of aromatic nitrogens is 1. The molecular formula is C19H23IN2O4. The summed E-state index contributed by atoms with van der Waals surface area (Å²) in [4.78, 5) is 24.1. The number of halogens is 1. The summed E-state index contributed by atoms with van der Waals surface area (Å²) in [6.45, 7) is 7.95. The zero-order valence-corrected chi connectivity index (χ0v) is 17.5. The maximum absolute atomic E-state index is 12.4. The number of nitrogens with one attached hydrogen (secondary N) is 1. The van der Waals surface area contributed by atoms with Crippen molar-refractivity contribution in [3.63, 3.8) is 0 Å². The molecule has 1 aromatic carbocycles. The Labute approximate surface area is 166 Å². The van der Waals surface area contributed by atoms with Crippen LogP contribution in [0.15, 0.2) is 35.1 Å². The summed E-state index contributed by atoms with van der Waals surface area (Å²) in [5.74, 6) is -0.000314. The van der Waals surface area contributed by atoms with Gasteiger partial charge in [-0.1, -0.05) is 24.3 Å². The van der Waals surface area contributed by atoms with Gasteiger partial charge in [0.25, 0.3) is 5.56 Å². The second-order valence-electron chi connectivity index (χ2n) is 7.05. The van der Waals surface area contributed by atoms with E-state index in [9.17, 15) is 14.7 Å². The molecule has 1 heterocycles. The molecule has 26 heavy (non-hydrogen) atoms. The molecule has 0 unspecified atom stereocenters. The third-order valence-electron chi connectivity index (χ3n) is 3.60. The normalized spacial score (nSPS) is 11.3. The van der Waals surface area contributed by atoms with Crippen LogP contribution in [0.3, 0.4) is 0 Å². The number of carbonyl (C=O) groups is 1. The highest BCUT2D eigenvalue weighted by molar-refractivity contribution is 14.1. The first-order valence-electron chi connectivity index (χ1n) is 8.20. The minimum atomic E-state index is -0.541. The average Bonchev–Trinajstić information content (AvgIpc) is 2.54. The maximum atomic E-state index is 12.4. The molecule has 0 bridgehead atoms. The standard InChI is InChI=1S/C19H23IN2O4/c1-12-8-15(23)16(20)17(24)22(12)11-14-7-5-6-13(9-14)10-21-18(25)26-19(2,3)4/h5-9,23H,10-11H2,1-4H3,(H,21,25). The Morgan fingerprint density at radius 2 is 1.92 bits per heavy atom. The number of alkyl carbamates (subject to hydrolysis) is 1. The highest BCUT2D eigenvalue weighted by atomic mass is 127. The third-order valence-corrected chi connectivity index (χ3v) is 4.61. The predicted octanol–water partition coefficient (Wildman–Crippen LogP) is 3.54. The van der Waals surface area contributed by atoms with E-state index in [4.69, 9.17) is 4.74 Å². The number of aromatic hydroxyl groups is 1. The molecule has 1 amide bonds. The van der Waals surface area contributed by atoms with Crippen LogP contribution in [-0.4, -0.2) is 21.4 Å². The number of hydrogen-bond donors (Lipinski definition) is 2. The number of amides is 1. The minimum Gasteiger partial charge on any atom is -0.507 e. The predicted molar refractivity (Wildman–Crippen MR) is 108 cm³/mol. The van der Waals surface area contributed by atoms with Gasteiger partial charge in [-0.15, -0.1) is 0 Å². The van der Waals surface area contributed by atoms with Crippen LogP contribution in [0.1, 0.15) is 37.6 Å². The van der Waals surface area contributed by atoms with Gasteiger partial charge in [-0.05, 0) is 61.4 Å². The zero-order chi connectivity index (χ0) is 19.5. The van der Waals surface area contributed by atoms with Crippen LogP contribution >= 0.6 is 22.6 Å². The van der Waals surface area contributed by atoms with Gasteiger partial charge >= 0.3 is 6.09 Å². The second kappa shape index (κ2) is 8.11. The Bertz CT molecular complexity index is 869. The fraction of sp³-hybridized carbons (Fsp3) is 0.368. The lowest BCUT2D eigenvalue weighted by atomic mass is 10.1. The summed E-state index contributed by atoms with van der Waals surface area (Å²) >= 11 is 1.85. The molecule has 0 radical (unpaired) electrons. The van der Waals surface area contributed by atoms with Crippen molar-refractivity contribution in [2.75, 3.05) is 0 Å². The van der Waals surface area contributed by atoms with Crippen LogP contribution in [-0.2, 0) is 17.8 Å². The van der Waals surface area contributed by atoms with Crippen molar-refractivity contribution in [3.05, 3.63) is 61.1 Å². The van der Waals surface area contributed by atoms with E-state index in [-0.39, 0.29) is 11.3 Å². The van der Waals surface area contributed by atoms with Crippen LogP contribution in [0.4, 0.5) is 4.79 Å². The molecule has 0 fully saturated rings. The smallest absolute Gasteiger partial charge is 0.407 e. The van der Waals surface area contributed by atoms with Crippen molar-refractivity contribution < 1.29 is 14.6 Å². The van der Waals surface area contributed by atoms with Gasteiger partial charge in [0.2, 0.25) is 0 Å². The third kappa shape index (κ3) is 5.48. The first-order chi connectivity index (χ1) is 12.1. The SMILES string of the molecule is Cc1cc(O)c(I)c(=O)n1Cc1cccc(CNC(=O)OC(C)(C)C)c1. The number of ether oxygens (including phenoxy) is 1.